The zero-order valence-electron chi connectivity index (χ0n) is 11.8. The van der Waals surface area contributed by atoms with Crippen LogP contribution in [0.5, 0.6) is 0 Å². The van der Waals surface area contributed by atoms with Gasteiger partial charge in [-0.2, -0.15) is 0 Å². The van der Waals surface area contributed by atoms with Gasteiger partial charge in [-0.1, -0.05) is 18.5 Å². The number of rotatable bonds is 4. The molecule has 0 saturated carbocycles. The molecule has 3 nitrogen and oxygen atoms in total. The molecule has 1 aliphatic heterocycles. The average molecular weight is 303 g/mol. The largest absolute Gasteiger partial charge is 0.373 e. The molecule has 1 aromatic heterocycles. The Kier molecular flexibility index (Phi) is 5.26. The lowest BCUT2D eigenvalue weighted by atomic mass is 10.0. The molecule has 0 spiro atoms. The van der Waals surface area contributed by atoms with Crippen LogP contribution in [0.15, 0.2) is 12.1 Å². The Morgan fingerprint density at radius 1 is 1.42 bits per heavy atom. The molecule has 2 N–H and O–H groups in total. The molecule has 1 fully saturated rings. The van der Waals surface area contributed by atoms with Crippen LogP contribution in [0.2, 0.25) is 4.34 Å². The molecule has 0 radical (unpaired) electrons. The van der Waals surface area contributed by atoms with Crippen molar-refractivity contribution in [3.8, 4) is 0 Å². The minimum absolute atomic E-state index is 0.132. The zero-order valence-corrected chi connectivity index (χ0v) is 13.4. The van der Waals surface area contributed by atoms with Crippen LogP contribution in [0, 0.1) is 0 Å². The van der Waals surface area contributed by atoms with Gasteiger partial charge in [0, 0.05) is 24.0 Å². The summed E-state index contributed by atoms with van der Waals surface area (Å²) in [5.74, 6) is 0. The molecule has 1 saturated heterocycles. The van der Waals surface area contributed by atoms with E-state index in [4.69, 9.17) is 22.1 Å². The van der Waals surface area contributed by atoms with Crippen LogP contribution < -0.4 is 5.73 Å². The van der Waals surface area contributed by atoms with Crippen molar-refractivity contribution in [1.29, 1.82) is 0 Å². The predicted molar refractivity (Wildman–Crippen MR) is 81.9 cm³/mol. The quantitative estimate of drug-likeness (QED) is 0.927. The highest BCUT2D eigenvalue weighted by atomic mass is 35.5. The molecule has 4 unspecified atom stereocenters. The Balaban J connectivity index is 2.22. The summed E-state index contributed by atoms with van der Waals surface area (Å²) < 4.78 is 6.65. The molecular formula is C14H23ClN2OS. The van der Waals surface area contributed by atoms with Crippen molar-refractivity contribution in [3.05, 3.63) is 21.3 Å². The van der Waals surface area contributed by atoms with Crippen LogP contribution in [0.25, 0.3) is 0 Å². The van der Waals surface area contributed by atoms with E-state index in [9.17, 15) is 0 Å². The van der Waals surface area contributed by atoms with Gasteiger partial charge in [-0.25, -0.2) is 0 Å². The van der Waals surface area contributed by atoms with Crippen molar-refractivity contribution in [2.45, 2.75) is 51.5 Å². The van der Waals surface area contributed by atoms with Gasteiger partial charge in [0.1, 0.15) is 0 Å². The first-order chi connectivity index (χ1) is 9.01. The summed E-state index contributed by atoms with van der Waals surface area (Å²) in [7, 11) is 0. The Hall–Kier alpha value is -0.130. The summed E-state index contributed by atoms with van der Waals surface area (Å²) in [6.07, 6.45) is 1.47. The highest BCUT2D eigenvalue weighted by molar-refractivity contribution is 7.16. The summed E-state index contributed by atoms with van der Waals surface area (Å²) in [6, 6.07) is 4.45. The van der Waals surface area contributed by atoms with E-state index in [0.717, 1.165) is 23.8 Å². The maximum atomic E-state index is 6.36. The van der Waals surface area contributed by atoms with E-state index >= 15 is 0 Å². The van der Waals surface area contributed by atoms with E-state index in [-0.39, 0.29) is 24.3 Å². The number of hydrogen-bond acceptors (Lipinski definition) is 4. The fourth-order valence-electron chi connectivity index (χ4n) is 2.82. The van der Waals surface area contributed by atoms with Crippen LogP contribution in [0.3, 0.4) is 0 Å². The summed E-state index contributed by atoms with van der Waals surface area (Å²) in [4.78, 5) is 3.72. The van der Waals surface area contributed by atoms with Crippen LogP contribution in [-0.2, 0) is 4.74 Å². The summed E-state index contributed by atoms with van der Waals surface area (Å²) in [6.45, 7) is 8.24. The van der Waals surface area contributed by atoms with E-state index in [2.05, 4.69) is 31.7 Å². The van der Waals surface area contributed by atoms with Gasteiger partial charge < -0.3 is 10.5 Å². The highest BCUT2D eigenvalue weighted by Gasteiger charge is 2.32. The lowest BCUT2D eigenvalue weighted by Gasteiger charge is -2.41. The lowest BCUT2D eigenvalue weighted by molar-refractivity contribution is -0.0834. The monoisotopic (exact) mass is 302 g/mol. The van der Waals surface area contributed by atoms with Crippen molar-refractivity contribution >= 4 is 22.9 Å². The fourth-order valence-corrected chi connectivity index (χ4v) is 4.09. The number of hydrogen-bond donors (Lipinski definition) is 1. The van der Waals surface area contributed by atoms with Gasteiger partial charge in [0.25, 0.3) is 0 Å². The third-order valence-corrected chi connectivity index (χ3v) is 4.91. The second kappa shape index (κ2) is 6.55. The fraction of sp³-hybridized carbons (Fsp3) is 0.714. The van der Waals surface area contributed by atoms with Gasteiger partial charge in [0.15, 0.2) is 0 Å². The highest BCUT2D eigenvalue weighted by Crippen LogP contribution is 2.34. The first-order valence-electron chi connectivity index (χ1n) is 6.91. The number of thiophene rings is 1. The normalized spacial score (nSPS) is 28.3. The number of nitrogens with zero attached hydrogens (tertiary/aromatic N) is 1. The zero-order chi connectivity index (χ0) is 14.0. The third kappa shape index (κ3) is 3.70. The number of nitrogens with two attached hydrogens (primary N) is 1. The van der Waals surface area contributed by atoms with E-state index in [1.807, 2.05) is 6.07 Å². The standard InChI is InChI=1S/C14H23ClN2OS/c1-4-11(16)14(12-5-6-13(15)19-12)17-7-9(2)18-10(3)8-17/h5-6,9-11,14H,4,7-8,16H2,1-3H3. The molecule has 1 aliphatic rings. The molecule has 2 heterocycles. The number of ether oxygens (including phenoxy) is 1. The summed E-state index contributed by atoms with van der Waals surface area (Å²) in [5, 5.41) is 0. The van der Waals surface area contributed by atoms with Gasteiger partial charge in [-0.3, -0.25) is 4.90 Å². The first-order valence-corrected chi connectivity index (χ1v) is 8.11. The minimum Gasteiger partial charge on any atom is -0.373 e. The number of halogens is 1. The van der Waals surface area contributed by atoms with Gasteiger partial charge in [0.05, 0.1) is 22.6 Å². The van der Waals surface area contributed by atoms with E-state index in [0.29, 0.717) is 0 Å². The van der Waals surface area contributed by atoms with E-state index in [1.54, 1.807) is 11.3 Å². The van der Waals surface area contributed by atoms with Crippen LogP contribution >= 0.6 is 22.9 Å². The van der Waals surface area contributed by atoms with Crippen molar-refractivity contribution in [2.75, 3.05) is 13.1 Å². The summed E-state index contributed by atoms with van der Waals surface area (Å²) >= 11 is 7.72. The Morgan fingerprint density at radius 2 is 2.05 bits per heavy atom. The lowest BCUT2D eigenvalue weighted by Crippen LogP contribution is -2.51. The topological polar surface area (TPSA) is 38.5 Å². The van der Waals surface area contributed by atoms with Crippen LogP contribution in [0.1, 0.15) is 38.1 Å². The second-order valence-electron chi connectivity index (χ2n) is 5.37. The van der Waals surface area contributed by atoms with Crippen molar-refractivity contribution in [2.24, 2.45) is 5.73 Å². The molecule has 0 aliphatic carbocycles. The van der Waals surface area contributed by atoms with Crippen molar-refractivity contribution in [3.63, 3.8) is 0 Å². The van der Waals surface area contributed by atoms with Crippen molar-refractivity contribution < 1.29 is 4.74 Å². The maximum absolute atomic E-state index is 6.36. The molecule has 108 valence electrons. The molecule has 0 bridgehead atoms. The molecular weight excluding hydrogens is 280 g/mol. The van der Waals surface area contributed by atoms with Crippen LogP contribution in [-0.4, -0.2) is 36.2 Å². The molecule has 0 amide bonds. The minimum atomic E-state index is 0.132. The first kappa shape index (κ1) is 15.3. The molecule has 5 heteroatoms. The van der Waals surface area contributed by atoms with Gasteiger partial charge in [0.2, 0.25) is 0 Å². The van der Waals surface area contributed by atoms with E-state index in [1.165, 1.54) is 4.88 Å². The molecule has 4 atom stereocenters. The third-order valence-electron chi connectivity index (χ3n) is 3.60. The Morgan fingerprint density at radius 3 is 2.53 bits per heavy atom. The maximum Gasteiger partial charge on any atom is 0.0931 e. The second-order valence-corrected chi connectivity index (χ2v) is 7.12. The Labute approximate surface area is 124 Å². The van der Waals surface area contributed by atoms with Gasteiger partial charge in [-0.15, -0.1) is 11.3 Å². The Bertz CT molecular complexity index is 402. The molecule has 1 aromatic rings. The number of morpholine rings is 1. The van der Waals surface area contributed by atoms with Gasteiger partial charge in [-0.05, 0) is 32.4 Å². The predicted octanol–water partition coefficient (Wildman–Crippen LogP) is 3.29. The SMILES string of the molecule is CCC(N)C(c1ccc(Cl)s1)N1CC(C)OC(C)C1. The van der Waals surface area contributed by atoms with Gasteiger partial charge >= 0.3 is 0 Å². The van der Waals surface area contributed by atoms with Crippen LogP contribution in [0.4, 0.5) is 0 Å². The molecule has 19 heavy (non-hydrogen) atoms. The van der Waals surface area contributed by atoms with E-state index < -0.39 is 0 Å². The van der Waals surface area contributed by atoms with Crippen molar-refractivity contribution in [1.82, 2.24) is 4.90 Å². The summed E-state index contributed by atoms with van der Waals surface area (Å²) in [5.41, 5.74) is 6.36. The smallest absolute Gasteiger partial charge is 0.0931 e. The average Bonchev–Trinajstić information content (AvgIpc) is 2.74. The molecule has 0 aromatic carbocycles. The molecule has 2 rings (SSSR count).